The van der Waals surface area contributed by atoms with Crippen molar-refractivity contribution < 1.29 is 0 Å². The molecule has 5 heteroatoms. The highest BCUT2D eigenvalue weighted by Gasteiger charge is 2.30. The molecular weight excluding hydrogens is 224 g/mol. The summed E-state index contributed by atoms with van der Waals surface area (Å²) in [6.45, 7) is 2.04. The lowest BCUT2D eigenvalue weighted by Gasteiger charge is -2.10. The summed E-state index contributed by atoms with van der Waals surface area (Å²) < 4.78 is 2.05. The fourth-order valence-corrected chi connectivity index (χ4v) is 2.15. The molecule has 4 nitrogen and oxygen atoms in total. The number of alkyl halides is 1. The van der Waals surface area contributed by atoms with Crippen LogP contribution >= 0.6 is 11.6 Å². The molecule has 90 valence electrons. The van der Waals surface area contributed by atoms with Crippen molar-refractivity contribution in [3.63, 3.8) is 0 Å². The van der Waals surface area contributed by atoms with Gasteiger partial charge < -0.3 is 4.90 Å². The summed E-state index contributed by atoms with van der Waals surface area (Å²) in [4.78, 5) is 2.19. The molecule has 16 heavy (non-hydrogen) atoms. The van der Waals surface area contributed by atoms with Gasteiger partial charge in [0.1, 0.15) is 5.69 Å². The van der Waals surface area contributed by atoms with Crippen molar-refractivity contribution in [2.24, 2.45) is 0 Å². The van der Waals surface area contributed by atoms with Crippen LogP contribution in [0.4, 0.5) is 0 Å². The summed E-state index contributed by atoms with van der Waals surface area (Å²) in [6.07, 6.45) is 3.65. The first-order valence-electron chi connectivity index (χ1n) is 5.85. The van der Waals surface area contributed by atoms with E-state index in [9.17, 15) is 0 Å². The SMILES string of the molecule is CN(C)CCCn1nnc(CCl)c1C1CC1. The molecule has 0 radical (unpaired) electrons. The summed E-state index contributed by atoms with van der Waals surface area (Å²) >= 11 is 5.88. The average Bonchev–Trinajstić information content (AvgIpc) is 3.00. The van der Waals surface area contributed by atoms with E-state index in [0.29, 0.717) is 11.8 Å². The van der Waals surface area contributed by atoms with Gasteiger partial charge in [-0.2, -0.15) is 0 Å². The summed E-state index contributed by atoms with van der Waals surface area (Å²) in [5.74, 6) is 1.16. The Hall–Kier alpha value is -0.610. The molecule has 1 saturated carbocycles. The highest BCUT2D eigenvalue weighted by Crippen LogP contribution is 2.41. The van der Waals surface area contributed by atoms with Crippen molar-refractivity contribution in [3.8, 4) is 0 Å². The van der Waals surface area contributed by atoms with E-state index in [1.54, 1.807) is 0 Å². The number of hydrogen-bond acceptors (Lipinski definition) is 3. The van der Waals surface area contributed by atoms with Gasteiger partial charge in [0.25, 0.3) is 0 Å². The van der Waals surface area contributed by atoms with Crippen molar-refractivity contribution >= 4 is 11.6 Å². The number of rotatable bonds is 6. The monoisotopic (exact) mass is 242 g/mol. The van der Waals surface area contributed by atoms with Crippen LogP contribution in [-0.2, 0) is 12.4 Å². The molecule has 0 saturated heterocycles. The third-order valence-electron chi connectivity index (χ3n) is 2.91. The van der Waals surface area contributed by atoms with Crippen LogP contribution in [0.1, 0.15) is 36.6 Å². The number of aromatic nitrogens is 3. The number of hydrogen-bond donors (Lipinski definition) is 0. The highest BCUT2D eigenvalue weighted by atomic mass is 35.5. The summed E-state index contributed by atoms with van der Waals surface area (Å²) in [5.41, 5.74) is 2.27. The van der Waals surface area contributed by atoms with Crippen LogP contribution < -0.4 is 0 Å². The zero-order chi connectivity index (χ0) is 11.5. The van der Waals surface area contributed by atoms with Gasteiger partial charge in [-0.3, -0.25) is 0 Å². The van der Waals surface area contributed by atoms with E-state index in [-0.39, 0.29) is 0 Å². The zero-order valence-corrected chi connectivity index (χ0v) is 10.7. The van der Waals surface area contributed by atoms with Crippen molar-refractivity contribution in [1.82, 2.24) is 19.9 Å². The van der Waals surface area contributed by atoms with Crippen molar-refractivity contribution in [3.05, 3.63) is 11.4 Å². The van der Waals surface area contributed by atoms with Gasteiger partial charge in [0.2, 0.25) is 0 Å². The average molecular weight is 243 g/mol. The van der Waals surface area contributed by atoms with E-state index >= 15 is 0 Å². The molecule has 0 spiro atoms. The van der Waals surface area contributed by atoms with Crippen LogP contribution in [-0.4, -0.2) is 40.5 Å². The fourth-order valence-electron chi connectivity index (χ4n) is 1.96. The van der Waals surface area contributed by atoms with Crippen LogP contribution in [0.2, 0.25) is 0 Å². The Morgan fingerprint density at radius 2 is 2.19 bits per heavy atom. The minimum atomic E-state index is 0.486. The van der Waals surface area contributed by atoms with E-state index in [1.165, 1.54) is 18.5 Å². The molecule has 1 aromatic heterocycles. The molecule has 0 unspecified atom stereocenters. The molecule has 1 fully saturated rings. The summed E-state index contributed by atoms with van der Waals surface area (Å²) in [7, 11) is 4.18. The van der Waals surface area contributed by atoms with Crippen LogP contribution in [0.3, 0.4) is 0 Å². The lowest BCUT2D eigenvalue weighted by molar-refractivity contribution is 0.376. The molecule has 1 aliphatic rings. The third kappa shape index (κ3) is 2.74. The Bertz CT molecular complexity index is 344. The zero-order valence-electron chi connectivity index (χ0n) is 9.99. The van der Waals surface area contributed by atoms with Gasteiger partial charge in [0.05, 0.1) is 11.6 Å². The quantitative estimate of drug-likeness (QED) is 0.714. The first kappa shape index (κ1) is 11.9. The van der Waals surface area contributed by atoms with Crippen LogP contribution in [0.5, 0.6) is 0 Å². The lowest BCUT2D eigenvalue weighted by Crippen LogP contribution is -2.16. The van der Waals surface area contributed by atoms with Gasteiger partial charge in [-0.1, -0.05) is 5.21 Å². The molecule has 1 aliphatic carbocycles. The Morgan fingerprint density at radius 1 is 1.44 bits per heavy atom. The number of aryl methyl sites for hydroxylation is 1. The second-order valence-corrected chi connectivity index (χ2v) is 4.98. The molecule has 0 N–H and O–H groups in total. The molecule has 0 bridgehead atoms. The summed E-state index contributed by atoms with van der Waals surface area (Å²) in [6, 6.07) is 0. The smallest absolute Gasteiger partial charge is 0.101 e. The van der Waals surface area contributed by atoms with Crippen molar-refractivity contribution in [2.45, 2.75) is 37.6 Å². The second-order valence-electron chi connectivity index (χ2n) is 4.71. The predicted octanol–water partition coefficient (Wildman–Crippen LogP) is 1.85. The Balaban J connectivity index is 1.99. The van der Waals surface area contributed by atoms with Crippen molar-refractivity contribution in [1.29, 1.82) is 0 Å². The molecule has 0 amide bonds. The second kappa shape index (κ2) is 5.15. The molecule has 1 heterocycles. The fraction of sp³-hybridized carbons (Fsp3) is 0.818. The standard InChI is InChI=1S/C11H19ClN4/c1-15(2)6-3-7-16-11(9-4-5-9)10(8-12)13-14-16/h9H,3-8H2,1-2H3. The normalized spacial score (nSPS) is 16.0. The molecule has 2 rings (SSSR count). The number of halogens is 1. The largest absolute Gasteiger partial charge is 0.309 e. The Kier molecular flexibility index (Phi) is 3.82. The maximum absolute atomic E-state index is 5.88. The molecular formula is C11H19ClN4. The maximum Gasteiger partial charge on any atom is 0.101 e. The highest BCUT2D eigenvalue weighted by molar-refractivity contribution is 6.16. The minimum Gasteiger partial charge on any atom is -0.309 e. The Morgan fingerprint density at radius 3 is 2.75 bits per heavy atom. The van der Waals surface area contributed by atoms with Gasteiger partial charge in [0.15, 0.2) is 0 Å². The van der Waals surface area contributed by atoms with Gasteiger partial charge in [-0.05, 0) is 39.9 Å². The van der Waals surface area contributed by atoms with Crippen LogP contribution in [0, 0.1) is 0 Å². The molecule has 1 aromatic rings. The molecule has 0 atom stereocenters. The van der Waals surface area contributed by atoms with Gasteiger partial charge in [-0.25, -0.2) is 4.68 Å². The Labute approximate surface area is 102 Å². The van der Waals surface area contributed by atoms with E-state index in [0.717, 1.165) is 25.2 Å². The van der Waals surface area contributed by atoms with Crippen LogP contribution in [0.15, 0.2) is 0 Å². The van der Waals surface area contributed by atoms with E-state index in [4.69, 9.17) is 11.6 Å². The first-order valence-corrected chi connectivity index (χ1v) is 6.38. The van der Waals surface area contributed by atoms with Gasteiger partial charge in [-0.15, -0.1) is 16.7 Å². The van der Waals surface area contributed by atoms with Crippen LogP contribution in [0.25, 0.3) is 0 Å². The first-order chi connectivity index (χ1) is 7.72. The minimum absolute atomic E-state index is 0.486. The van der Waals surface area contributed by atoms with E-state index < -0.39 is 0 Å². The van der Waals surface area contributed by atoms with Gasteiger partial charge in [0, 0.05) is 12.5 Å². The maximum atomic E-state index is 5.88. The summed E-state index contributed by atoms with van der Waals surface area (Å²) in [5, 5.41) is 8.37. The lowest BCUT2D eigenvalue weighted by atomic mass is 10.2. The van der Waals surface area contributed by atoms with Crippen molar-refractivity contribution in [2.75, 3.05) is 20.6 Å². The van der Waals surface area contributed by atoms with Gasteiger partial charge >= 0.3 is 0 Å². The number of nitrogens with zero attached hydrogens (tertiary/aromatic N) is 4. The predicted molar refractivity (Wildman–Crippen MR) is 64.7 cm³/mol. The molecule has 0 aliphatic heterocycles. The van der Waals surface area contributed by atoms with E-state index in [2.05, 4.69) is 34.0 Å². The van der Waals surface area contributed by atoms with E-state index in [1.807, 2.05) is 0 Å². The topological polar surface area (TPSA) is 34.0 Å². The molecule has 0 aromatic carbocycles. The third-order valence-corrected chi connectivity index (χ3v) is 3.17.